The number of aromatic nitrogens is 1. The maximum atomic E-state index is 12.4. The first-order valence-electron chi connectivity index (χ1n) is 8.26. The van der Waals surface area contributed by atoms with Gasteiger partial charge in [-0.05, 0) is 19.1 Å². The summed E-state index contributed by atoms with van der Waals surface area (Å²) in [6, 6.07) is 7.78. The molecule has 26 heavy (non-hydrogen) atoms. The van der Waals surface area contributed by atoms with E-state index >= 15 is 0 Å². The Morgan fingerprint density at radius 2 is 2.15 bits per heavy atom. The predicted molar refractivity (Wildman–Crippen MR) is 95.3 cm³/mol. The van der Waals surface area contributed by atoms with Crippen LogP contribution in [-0.4, -0.2) is 52.7 Å². The van der Waals surface area contributed by atoms with Crippen LogP contribution in [0, 0.1) is 6.92 Å². The van der Waals surface area contributed by atoms with Gasteiger partial charge >= 0.3 is 5.97 Å². The second-order valence-electron chi connectivity index (χ2n) is 6.05. The molecule has 138 valence electrons. The Labute approximate surface area is 155 Å². The standard InChI is InChI=1S/C18H20N2O5S/c1-12-2-4-14(5-3-12)25-10-16-19-13(11-26-16)8-17(21)20-6-7-24-15(9-20)18(22)23/h2-5,11,15H,6-10H2,1H3,(H,22,23). The number of rotatable bonds is 6. The van der Waals surface area contributed by atoms with E-state index < -0.39 is 12.1 Å². The average molecular weight is 376 g/mol. The van der Waals surface area contributed by atoms with Crippen LogP contribution in [0.1, 0.15) is 16.3 Å². The van der Waals surface area contributed by atoms with Crippen LogP contribution >= 0.6 is 11.3 Å². The van der Waals surface area contributed by atoms with Crippen LogP contribution in [0.2, 0.25) is 0 Å². The average Bonchev–Trinajstić information content (AvgIpc) is 3.08. The van der Waals surface area contributed by atoms with Gasteiger partial charge in [0.1, 0.15) is 17.4 Å². The van der Waals surface area contributed by atoms with E-state index in [4.69, 9.17) is 14.6 Å². The third kappa shape index (κ3) is 4.80. The minimum atomic E-state index is -1.05. The maximum Gasteiger partial charge on any atom is 0.334 e. The fraction of sp³-hybridized carbons (Fsp3) is 0.389. The zero-order valence-electron chi connectivity index (χ0n) is 14.4. The van der Waals surface area contributed by atoms with Crippen LogP contribution in [0.25, 0.3) is 0 Å². The molecular weight excluding hydrogens is 356 g/mol. The van der Waals surface area contributed by atoms with Crippen molar-refractivity contribution in [2.24, 2.45) is 0 Å². The highest BCUT2D eigenvalue weighted by Crippen LogP contribution is 2.17. The summed E-state index contributed by atoms with van der Waals surface area (Å²) in [7, 11) is 0. The molecule has 1 aliphatic heterocycles. The van der Waals surface area contributed by atoms with Crippen molar-refractivity contribution in [3.8, 4) is 5.75 Å². The smallest absolute Gasteiger partial charge is 0.334 e. The minimum Gasteiger partial charge on any atom is -0.486 e. The van der Waals surface area contributed by atoms with Gasteiger partial charge in [0.2, 0.25) is 5.91 Å². The lowest BCUT2D eigenvalue weighted by molar-refractivity contribution is -0.159. The predicted octanol–water partition coefficient (Wildman–Crippen LogP) is 1.89. The molecule has 1 aromatic heterocycles. The SMILES string of the molecule is Cc1ccc(OCc2nc(CC(=O)N3CCOC(C(=O)O)C3)cs2)cc1. The topological polar surface area (TPSA) is 89.0 Å². The number of carboxylic acid groups (broad SMARTS) is 1. The molecule has 2 aromatic rings. The number of morpholine rings is 1. The summed E-state index contributed by atoms with van der Waals surface area (Å²) < 4.78 is 10.8. The summed E-state index contributed by atoms with van der Waals surface area (Å²) in [4.78, 5) is 29.3. The molecule has 0 saturated carbocycles. The molecule has 1 unspecified atom stereocenters. The number of benzene rings is 1. The summed E-state index contributed by atoms with van der Waals surface area (Å²) in [5.74, 6) is -0.418. The van der Waals surface area contributed by atoms with E-state index in [-0.39, 0.29) is 25.5 Å². The number of amides is 1. The van der Waals surface area contributed by atoms with Crippen molar-refractivity contribution in [2.75, 3.05) is 19.7 Å². The molecule has 3 rings (SSSR count). The first-order chi connectivity index (χ1) is 12.5. The Morgan fingerprint density at radius 3 is 2.88 bits per heavy atom. The molecule has 1 amide bonds. The van der Waals surface area contributed by atoms with Gasteiger partial charge < -0.3 is 19.5 Å². The number of carboxylic acids is 1. The van der Waals surface area contributed by atoms with Crippen molar-refractivity contribution in [1.29, 1.82) is 0 Å². The summed E-state index contributed by atoms with van der Waals surface area (Å²) in [6.45, 7) is 3.06. The molecule has 1 atom stereocenters. The van der Waals surface area contributed by atoms with Crippen LogP contribution < -0.4 is 4.74 Å². The zero-order chi connectivity index (χ0) is 18.5. The highest BCUT2D eigenvalue weighted by molar-refractivity contribution is 7.09. The third-order valence-electron chi connectivity index (χ3n) is 4.01. The van der Waals surface area contributed by atoms with Crippen molar-refractivity contribution < 1.29 is 24.2 Å². The number of aryl methyl sites for hydroxylation is 1. The number of carbonyl (C=O) groups excluding carboxylic acids is 1. The zero-order valence-corrected chi connectivity index (χ0v) is 15.2. The van der Waals surface area contributed by atoms with Gasteiger partial charge in [0.05, 0.1) is 25.3 Å². The Kier molecular flexibility index (Phi) is 5.85. The Morgan fingerprint density at radius 1 is 1.38 bits per heavy atom. The lowest BCUT2D eigenvalue weighted by Gasteiger charge is -2.30. The molecule has 0 bridgehead atoms. The van der Waals surface area contributed by atoms with Crippen molar-refractivity contribution in [2.45, 2.75) is 26.1 Å². The largest absolute Gasteiger partial charge is 0.486 e. The van der Waals surface area contributed by atoms with Gasteiger partial charge in [-0.2, -0.15) is 0 Å². The molecule has 0 aliphatic carbocycles. The van der Waals surface area contributed by atoms with Crippen molar-refractivity contribution in [3.05, 3.63) is 45.9 Å². The van der Waals surface area contributed by atoms with Crippen LogP contribution in [0.15, 0.2) is 29.6 Å². The highest BCUT2D eigenvalue weighted by Gasteiger charge is 2.29. The molecule has 7 nitrogen and oxygen atoms in total. The molecule has 1 aromatic carbocycles. The maximum absolute atomic E-state index is 12.4. The number of hydrogen-bond donors (Lipinski definition) is 1. The van der Waals surface area contributed by atoms with Crippen LogP contribution in [-0.2, 0) is 27.4 Å². The monoisotopic (exact) mass is 376 g/mol. The van der Waals surface area contributed by atoms with Crippen molar-refractivity contribution >= 4 is 23.2 Å². The van der Waals surface area contributed by atoms with Gasteiger partial charge in [-0.25, -0.2) is 9.78 Å². The van der Waals surface area contributed by atoms with E-state index in [1.54, 1.807) is 0 Å². The lowest BCUT2D eigenvalue weighted by atomic mass is 10.2. The van der Waals surface area contributed by atoms with Crippen LogP contribution in [0.5, 0.6) is 5.75 Å². The van der Waals surface area contributed by atoms with E-state index in [1.807, 2.05) is 36.6 Å². The number of carbonyl (C=O) groups is 2. The fourth-order valence-electron chi connectivity index (χ4n) is 2.57. The van der Waals surface area contributed by atoms with Crippen molar-refractivity contribution in [3.63, 3.8) is 0 Å². The summed E-state index contributed by atoms with van der Waals surface area (Å²) in [5, 5.41) is 11.6. The van der Waals surface area contributed by atoms with E-state index in [0.29, 0.717) is 18.8 Å². The molecule has 2 heterocycles. The number of thiazole rings is 1. The second kappa shape index (κ2) is 8.29. The molecule has 1 saturated heterocycles. The molecule has 1 fully saturated rings. The number of aliphatic carboxylic acids is 1. The molecule has 1 aliphatic rings. The molecule has 1 N–H and O–H groups in total. The summed E-state index contributed by atoms with van der Waals surface area (Å²) in [6.07, 6.45) is -0.811. The Hall–Kier alpha value is -2.45. The van der Waals surface area contributed by atoms with Gasteiger partial charge in [0, 0.05) is 11.9 Å². The molecule has 0 spiro atoms. The Bertz CT molecular complexity index is 774. The minimum absolute atomic E-state index is 0.0711. The molecular formula is C18H20N2O5S. The molecule has 0 radical (unpaired) electrons. The van der Waals surface area contributed by atoms with Crippen LogP contribution in [0.4, 0.5) is 0 Å². The van der Waals surface area contributed by atoms with Gasteiger partial charge in [0.15, 0.2) is 6.10 Å². The van der Waals surface area contributed by atoms with Crippen molar-refractivity contribution in [1.82, 2.24) is 9.88 Å². The first kappa shape index (κ1) is 18.3. The number of hydrogen-bond acceptors (Lipinski definition) is 6. The van der Waals surface area contributed by atoms with E-state index in [9.17, 15) is 9.59 Å². The third-order valence-corrected chi connectivity index (χ3v) is 4.88. The fourth-order valence-corrected chi connectivity index (χ4v) is 3.27. The van der Waals surface area contributed by atoms with E-state index in [2.05, 4.69) is 4.98 Å². The van der Waals surface area contributed by atoms with E-state index in [0.717, 1.165) is 10.8 Å². The number of ether oxygens (including phenoxy) is 2. The molecule has 8 heteroatoms. The summed E-state index contributed by atoms with van der Waals surface area (Å²) in [5.41, 5.74) is 1.83. The van der Waals surface area contributed by atoms with Gasteiger partial charge in [-0.1, -0.05) is 17.7 Å². The first-order valence-corrected chi connectivity index (χ1v) is 9.14. The number of nitrogens with zero attached hydrogens (tertiary/aromatic N) is 2. The highest BCUT2D eigenvalue weighted by atomic mass is 32.1. The second-order valence-corrected chi connectivity index (χ2v) is 6.99. The normalized spacial score (nSPS) is 17.1. The van der Waals surface area contributed by atoms with E-state index in [1.165, 1.54) is 21.8 Å². The lowest BCUT2D eigenvalue weighted by Crippen LogP contribution is -2.49. The van der Waals surface area contributed by atoms with Gasteiger partial charge in [-0.15, -0.1) is 11.3 Å². The van der Waals surface area contributed by atoms with Gasteiger partial charge in [-0.3, -0.25) is 4.79 Å². The Balaban J connectivity index is 1.52. The summed E-state index contributed by atoms with van der Waals surface area (Å²) >= 11 is 1.44. The van der Waals surface area contributed by atoms with Gasteiger partial charge in [0.25, 0.3) is 0 Å². The van der Waals surface area contributed by atoms with Crippen LogP contribution in [0.3, 0.4) is 0 Å². The quantitative estimate of drug-likeness (QED) is 0.828.